The van der Waals surface area contributed by atoms with E-state index in [-0.39, 0.29) is 18.3 Å². The van der Waals surface area contributed by atoms with Crippen molar-refractivity contribution in [1.82, 2.24) is 10.2 Å². The van der Waals surface area contributed by atoms with Crippen LogP contribution in [0.3, 0.4) is 0 Å². The van der Waals surface area contributed by atoms with Gasteiger partial charge >= 0.3 is 0 Å². The van der Waals surface area contributed by atoms with Gasteiger partial charge in [-0.3, -0.25) is 0 Å². The molecule has 6 nitrogen and oxygen atoms in total. The van der Waals surface area contributed by atoms with E-state index in [2.05, 4.69) is 16.3 Å². The van der Waals surface area contributed by atoms with Crippen molar-refractivity contribution >= 4 is 11.8 Å². The predicted octanol–water partition coefficient (Wildman–Crippen LogP) is 1.95. The first-order valence-corrected chi connectivity index (χ1v) is 13.5. The van der Waals surface area contributed by atoms with Crippen LogP contribution in [0, 0.1) is 5.92 Å². The summed E-state index contributed by atoms with van der Waals surface area (Å²) in [6.45, 7) is 3.93. The summed E-state index contributed by atoms with van der Waals surface area (Å²) in [6, 6.07) is 23.4. The Hall–Kier alpha value is -2.84. The quantitative estimate of drug-likeness (QED) is 0.382. The summed E-state index contributed by atoms with van der Waals surface area (Å²) in [5.41, 5.74) is 2.13. The Morgan fingerprint density at radius 1 is 0.919 bits per heavy atom. The number of aromatic hydroxyl groups is 1. The summed E-state index contributed by atoms with van der Waals surface area (Å²) >= 11 is 1.88. The maximum atomic E-state index is 12.0. The third-order valence-electron chi connectivity index (χ3n) is 8.32. The number of phenolic OH excluding ortho intramolecular Hbond substituents is 1. The minimum absolute atomic E-state index is 0. The van der Waals surface area contributed by atoms with Crippen LogP contribution in [0.1, 0.15) is 35.7 Å². The number of rotatable bonds is 5. The average Bonchev–Trinajstić information content (AvgIpc) is 3.47. The van der Waals surface area contributed by atoms with E-state index in [1.807, 2.05) is 72.4 Å². The first kappa shape index (κ1) is 24.5. The summed E-state index contributed by atoms with van der Waals surface area (Å²) in [5, 5.41) is 31.2. The first-order valence-electron chi connectivity index (χ1n) is 12.6. The molecule has 0 spiro atoms. The van der Waals surface area contributed by atoms with Gasteiger partial charge in [0.25, 0.3) is 11.8 Å². The number of benzene rings is 3. The van der Waals surface area contributed by atoms with Crippen LogP contribution in [0.25, 0.3) is 11.1 Å². The molecular weight excluding hydrogens is 506 g/mol. The highest BCUT2D eigenvalue weighted by Crippen LogP contribution is 2.50. The van der Waals surface area contributed by atoms with Gasteiger partial charge in [0.15, 0.2) is 12.1 Å². The number of hydrogen-bond donors (Lipinski definition) is 2. The van der Waals surface area contributed by atoms with E-state index in [1.165, 1.54) is 12.8 Å². The zero-order valence-corrected chi connectivity index (χ0v) is 21.8. The molecule has 0 radical (unpaired) electrons. The van der Waals surface area contributed by atoms with Crippen molar-refractivity contribution in [3.63, 3.8) is 0 Å². The molecule has 3 aliphatic heterocycles. The molecule has 0 unspecified atom stereocenters. The van der Waals surface area contributed by atoms with E-state index in [0.29, 0.717) is 29.4 Å². The molecule has 190 valence electrons. The molecule has 37 heavy (non-hydrogen) atoms. The second-order valence-corrected chi connectivity index (χ2v) is 11.7. The van der Waals surface area contributed by atoms with Crippen molar-refractivity contribution in [2.75, 3.05) is 19.6 Å². The number of phenols is 1. The van der Waals surface area contributed by atoms with Crippen LogP contribution in [0.15, 0.2) is 82.1 Å². The first-order chi connectivity index (χ1) is 17.5. The highest BCUT2D eigenvalue weighted by atomic mass is 35.5. The van der Waals surface area contributed by atoms with Gasteiger partial charge in [0.2, 0.25) is 0 Å². The topological polar surface area (TPSA) is 79.4 Å². The number of halogens is 1. The molecular formula is C29H28ClN3O3S. The summed E-state index contributed by atoms with van der Waals surface area (Å²) in [6.07, 6.45) is 2.37. The number of aliphatic hydroxyl groups is 1. The molecule has 0 amide bonds. The second-order valence-electron chi connectivity index (χ2n) is 10.4. The molecule has 3 fully saturated rings. The van der Waals surface area contributed by atoms with Crippen molar-refractivity contribution in [1.29, 1.82) is 0 Å². The van der Waals surface area contributed by atoms with Crippen LogP contribution in [0.2, 0.25) is 0 Å². The highest BCUT2D eigenvalue weighted by molar-refractivity contribution is 8.00. The van der Waals surface area contributed by atoms with Gasteiger partial charge in [-0.05, 0) is 35.2 Å². The van der Waals surface area contributed by atoms with Gasteiger partial charge in [-0.2, -0.15) is 0 Å². The molecule has 8 rings (SSSR count). The molecule has 4 aliphatic rings. The van der Waals surface area contributed by atoms with Gasteiger partial charge in [0.1, 0.15) is 5.75 Å². The molecule has 8 heteroatoms. The van der Waals surface area contributed by atoms with Gasteiger partial charge in [-0.15, -0.1) is 22.0 Å². The van der Waals surface area contributed by atoms with Crippen molar-refractivity contribution in [3.8, 4) is 16.9 Å². The molecule has 0 saturated carbocycles. The van der Waals surface area contributed by atoms with Crippen LogP contribution in [-0.4, -0.2) is 49.8 Å². The van der Waals surface area contributed by atoms with Gasteiger partial charge < -0.3 is 31.5 Å². The highest BCUT2D eigenvalue weighted by Gasteiger charge is 2.49. The zero-order valence-electron chi connectivity index (χ0n) is 20.3. The Morgan fingerprint density at radius 3 is 2.27 bits per heavy atom. The average molecular weight is 534 g/mol. The Morgan fingerprint density at radius 2 is 1.59 bits per heavy atom. The van der Waals surface area contributed by atoms with E-state index in [4.69, 9.17) is 4.42 Å². The lowest BCUT2D eigenvalue weighted by Gasteiger charge is -2.51. The van der Waals surface area contributed by atoms with E-state index >= 15 is 0 Å². The standard InChI is InChI=1S/C29H27N3O3S.ClH/c33-20-6-5-7-21(16-20)36-26-17-32(14-12-19(26)13-15-32)18-27-30-31-28(35-27)29(34)24-10-3-1-8-22(24)23-9-2-4-11-25(23)29;/h1-11,16,19,26,34H,12-15,17-18H2;1H/t19?,26-,32?;/m0./s1. The molecule has 4 heterocycles. The third-order valence-corrected chi connectivity index (χ3v) is 9.68. The Labute approximate surface area is 226 Å². The molecule has 1 aromatic heterocycles. The minimum atomic E-state index is -1.44. The van der Waals surface area contributed by atoms with Gasteiger partial charge in [-0.1, -0.05) is 54.6 Å². The second kappa shape index (κ2) is 9.17. The van der Waals surface area contributed by atoms with E-state index in [0.717, 1.165) is 51.3 Å². The number of fused-ring (bicyclic) bond motifs is 6. The van der Waals surface area contributed by atoms with Gasteiger partial charge in [-0.25, -0.2) is 0 Å². The maximum Gasteiger partial charge on any atom is 0.271 e. The fourth-order valence-corrected chi connectivity index (χ4v) is 8.05. The predicted molar refractivity (Wildman–Crippen MR) is 137 cm³/mol. The van der Waals surface area contributed by atoms with Crippen LogP contribution < -0.4 is 12.4 Å². The number of aromatic nitrogens is 2. The molecule has 3 aromatic carbocycles. The zero-order chi connectivity index (χ0) is 24.3. The molecule has 1 aliphatic carbocycles. The van der Waals surface area contributed by atoms with Gasteiger partial charge in [0.05, 0.1) is 24.9 Å². The van der Waals surface area contributed by atoms with Crippen molar-refractivity contribution in [2.45, 2.75) is 35.1 Å². The van der Waals surface area contributed by atoms with Crippen LogP contribution in [0.4, 0.5) is 0 Å². The number of quaternary nitrogens is 1. The third kappa shape index (κ3) is 3.96. The van der Waals surface area contributed by atoms with Gasteiger partial charge in [0, 0.05) is 28.9 Å². The number of hydrogen-bond acceptors (Lipinski definition) is 6. The monoisotopic (exact) mass is 533 g/mol. The van der Waals surface area contributed by atoms with Crippen molar-refractivity contribution in [2.24, 2.45) is 5.92 Å². The summed E-state index contributed by atoms with van der Waals surface area (Å²) in [5.74, 6) is 1.84. The van der Waals surface area contributed by atoms with Crippen LogP contribution in [-0.2, 0) is 12.1 Å². The normalized spacial score (nSPS) is 24.8. The SMILES string of the molecule is Oc1cccc(S[C@H]2C[N+]3(Cc4nnc(C5(O)c6ccccc6-c6ccccc65)o4)CCC2CC3)c1.[Cl-]. The largest absolute Gasteiger partial charge is 1.00 e. The number of piperidine rings is 3. The summed E-state index contributed by atoms with van der Waals surface area (Å²) in [7, 11) is 0. The Bertz CT molecular complexity index is 1400. The molecule has 4 aromatic rings. The lowest BCUT2D eigenvalue weighted by molar-refractivity contribution is -0.955. The fraction of sp³-hybridized carbons (Fsp3) is 0.310. The molecule has 2 bridgehead atoms. The van der Waals surface area contributed by atoms with Crippen LogP contribution in [0.5, 0.6) is 5.75 Å². The summed E-state index contributed by atoms with van der Waals surface area (Å²) in [4.78, 5) is 1.12. The number of thioether (sulfide) groups is 1. The van der Waals surface area contributed by atoms with E-state index in [1.54, 1.807) is 6.07 Å². The van der Waals surface area contributed by atoms with Crippen LogP contribution >= 0.6 is 11.8 Å². The van der Waals surface area contributed by atoms with E-state index < -0.39 is 5.60 Å². The Kier molecular flexibility index (Phi) is 6.07. The minimum Gasteiger partial charge on any atom is -1.00 e. The fourth-order valence-electron chi connectivity index (χ4n) is 6.50. The molecule has 1 atom stereocenters. The van der Waals surface area contributed by atoms with Crippen molar-refractivity contribution in [3.05, 3.63) is 95.7 Å². The Balaban J connectivity index is 0.00000252. The maximum absolute atomic E-state index is 12.0. The summed E-state index contributed by atoms with van der Waals surface area (Å²) < 4.78 is 7.20. The smallest absolute Gasteiger partial charge is 0.271 e. The van der Waals surface area contributed by atoms with Crippen molar-refractivity contribution < 1.29 is 31.5 Å². The molecule has 3 saturated heterocycles. The lowest BCUT2D eigenvalue weighted by Crippen LogP contribution is -3.00. The lowest BCUT2D eigenvalue weighted by atomic mass is 9.85. The van der Waals surface area contributed by atoms with E-state index in [9.17, 15) is 10.2 Å². The number of nitrogens with zero attached hydrogens (tertiary/aromatic N) is 3. The molecule has 2 N–H and O–H groups in total.